The van der Waals surface area contributed by atoms with Gasteiger partial charge in [0.05, 0.1) is 19.8 Å². The van der Waals surface area contributed by atoms with Crippen LogP contribution in [-0.2, 0) is 16.2 Å². The molecule has 8 nitrogen and oxygen atoms in total. The number of ether oxygens (including phenoxy) is 1. The van der Waals surface area contributed by atoms with Crippen LogP contribution in [0.5, 0.6) is 0 Å². The lowest BCUT2D eigenvalue weighted by atomic mass is 10.2. The summed E-state index contributed by atoms with van der Waals surface area (Å²) >= 11 is 0. The maximum Gasteiger partial charge on any atom is 0.438 e. The Balaban J connectivity index is 1.62. The van der Waals surface area contributed by atoms with Crippen molar-refractivity contribution in [3.63, 3.8) is 0 Å². The van der Waals surface area contributed by atoms with E-state index in [-0.39, 0.29) is 25.0 Å². The minimum atomic E-state index is -0.542. The first-order valence-electron chi connectivity index (χ1n) is 7.81. The second-order valence-electron chi connectivity index (χ2n) is 5.69. The molecule has 1 aliphatic heterocycles. The second kappa shape index (κ2) is 7.41. The molecule has 128 valence electrons. The number of aromatic nitrogens is 2. The van der Waals surface area contributed by atoms with Gasteiger partial charge in [0.15, 0.2) is 0 Å². The minimum absolute atomic E-state index is 0.0145. The first-order chi connectivity index (χ1) is 11.6. The monoisotopic (exact) mass is 332 g/mol. The molecule has 1 aromatic heterocycles. The highest BCUT2D eigenvalue weighted by Crippen LogP contribution is 2.13. The summed E-state index contributed by atoms with van der Waals surface area (Å²) in [5.74, 6) is -0.256. The molecule has 2 aromatic rings. The van der Waals surface area contributed by atoms with E-state index in [2.05, 4.69) is 5.10 Å². The summed E-state index contributed by atoms with van der Waals surface area (Å²) in [6.45, 7) is 2.74. The Labute approximate surface area is 139 Å². The average molecular weight is 332 g/mol. The average Bonchev–Trinajstić information content (AvgIpc) is 2.97. The maximum atomic E-state index is 12.2. The summed E-state index contributed by atoms with van der Waals surface area (Å²) in [7, 11) is 1.77. The largest absolute Gasteiger partial charge is 0.438 e. The molecule has 0 N–H and O–H groups in total. The quantitative estimate of drug-likeness (QED) is 0.781. The third-order valence-electron chi connectivity index (χ3n) is 3.77. The molecule has 0 bridgehead atoms. The van der Waals surface area contributed by atoms with Gasteiger partial charge in [-0.2, -0.15) is 4.68 Å². The van der Waals surface area contributed by atoms with Crippen LogP contribution in [0.3, 0.4) is 0 Å². The summed E-state index contributed by atoms with van der Waals surface area (Å²) in [5, 5.41) is 4.19. The molecule has 0 atom stereocenters. The minimum Gasteiger partial charge on any atom is -0.388 e. The van der Waals surface area contributed by atoms with Gasteiger partial charge < -0.3 is 14.1 Å². The fourth-order valence-corrected chi connectivity index (χ4v) is 2.52. The van der Waals surface area contributed by atoms with Crippen LogP contribution >= 0.6 is 0 Å². The Kier molecular flexibility index (Phi) is 5.07. The molecule has 3 rings (SSSR count). The topological polar surface area (TPSA) is 80.8 Å². The number of benzene rings is 1. The van der Waals surface area contributed by atoms with Gasteiger partial charge in [-0.25, -0.2) is 4.79 Å². The number of carbonyl (C=O) groups excluding carboxylic acids is 1. The van der Waals surface area contributed by atoms with Crippen molar-refractivity contribution in [3.8, 4) is 11.5 Å². The number of carbonyl (C=O) groups is 1. The standard InChI is InChI=1S/C16H20N4O4/c1-18(11-14(21)19-7-9-23-10-8-19)12-20-16(22)24-15(17-20)13-5-3-2-4-6-13/h2-6H,7-12H2,1H3. The van der Waals surface area contributed by atoms with E-state index in [4.69, 9.17) is 9.15 Å². The van der Waals surface area contributed by atoms with Gasteiger partial charge >= 0.3 is 5.76 Å². The number of nitrogens with zero attached hydrogens (tertiary/aromatic N) is 4. The van der Waals surface area contributed by atoms with E-state index in [1.54, 1.807) is 16.8 Å². The van der Waals surface area contributed by atoms with Gasteiger partial charge in [-0.15, -0.1) is 5.10 Å². The highest BCUT2D eigenvalue weighted by molar-refractivity contribution is 5.78. The first-order valence-corrected chi connectivity index (χ1v) is 7.81. The number of rotatable bonds is 5. The number of amides is 1. The summed E-state index contributed by atoms with van der Waals surface area (Å²) in [6.07, 6.45) is 0. The van der Waals surface area contributed by atoms with Gasteiger partial charge in [0.1, 0.15) is 6.67 Å². The van der Waals surface area contributed by atoms with E-state index in [0.717, 1.165) is 5.56 Å². The van der Waals surface area contributed by atoms with E-state index >= 15 is 0 Å². The van der Waals surface area contributed by atoms with Gasteiger partial charge in [-0.05, 0) is 19.2 Å². The molecule has 1 aromatic carbocycles. The van der Waals surface area contributed by atoms with Crippen molar-refractivity contribution in [1.29, 1.82) is 0 Å². The van der Waals surface area contributed by atoms with Crippen molar-refractivity contribution < 1.29 is 13.9 Å². The zero-order valence-electron chi connectivity index (χ0n) is 13.6. The van der Waals surface area contributed by atoms with Gasteiger partial charge in [0.2, 0.25) is 11.8 Å². The zero-order chi connectivity index (χ0) is 16.9. The normalized spacial score (nSPS) is 15.0. The Bertz CT molecular complexity index is 734. The third-order valence-corrected chi connectivity index (χ3v) is 3.77. The fourth-order valence-electron chi connectivity index (χ4n) is 2.52. The van der Waals surface area contributed by atoms with Crippen LogP contribution in [0.15, 0.2) is 39.5 Å². The molecule has 0 aliphatic carbocycles. The van der Waals surface area contributed by atoms with E-state index in [0.29, 0.717) is 26.3 Å². The van der Waals surface area contributed by atoms with E-state index < -0.39 is 5.76 Å². The number of hydrogen-bond acceptors (Lipinski definition) is 6. The van der Waals surface area contributed by atoms with Crippen LogP contribution in [0.25, 0.3) is 11.5 Å². The molecule has 0 saturated carbocycles. The van der Waals surface area contributed by atoms with Crippen LogP contribution in [0, 0.1) is 0 Å². The van der Waals surface area contributed by atoms with Gasteiger partial charge in [-0.1, -0.05) is 18.2 Å². The summed E-state index contributed by atoms with van der Waals surface area (Å²) in [4.78, 5) is 27.6. The van der Waals surface area contributed by atoms with E-state index in [9.17, 15) is 9.59 Å². The molecule has 24 heavy (non-hydrogen) atoms. The van der Waals surface area contributed by atoms with Gasteiger partial charge in [0, 0.05) is 18.7 Å². The molecule has 2 heterocycles. The van der Waals surface area contributed by atoms with Crippen LogP contribution in [0.1, 0.15) is 0 Å². The molecular formula is C16H20N4O4. The molecule has 1 aliphatic rings. The van der Waals surface area contributed by atoms with Crippen LogP contribution in [0.4, 0.5) is 0 Å². The SMILES string of the molecule is CN(CC(=O)N1CCOCC1)Cn1nc(-c2ccccc2)oc1=O. The molecular weight excluding hydrogens is 312 g/mol. The predicted octanol–water partition coefficient (Wildman–Crippen LogP) is 0.251. The Morgan fingerprint density at radius 3 is 2.67 bits per heavy atom. The van der Waals surface area contributed by atoms with Crippen LogP contribution < -0.4 is 5.76 Å². The van der Waals surface area contributed by atoms with Crippen molar-refractivity contribution in [2.24, 2.45) is 0 Å². The smallest absolute Gasteiger partial charge is 0.388 e. The van der Waals surface area contributed by atoms with Crippen molar-refractivity contribution in [3.05, 3.63) is 40.9 Å². The molecule has 0 spiro atoms. The molecule has 0 radical (unpaired) electrons. The van der Waals surface area contributed by atoms with E-state index in [1.807, 2.05) is 30.3 Å². The summed E-state index contributed by atoms with van der Waals surface area (Å²) in [6, 6.07) is 9.22. The molecule has 1 fully saturated rings. The van der Waals surface area contributed by atoms with Crippen LogP contribution in [-0.4, -0.2) is 65.4 Å². The lowest BCUT2D eigenvalue weighted by molar-refractivity contribution is -0.136. The Hall–Kier alpha value is -2.45. The number of hydrogen-bond donors (Lipinski definition) is 0. The van der Waals surface area contributed by atoms with Crippen LogP contribution in [0.2, 0.25) is 0 Å². The van der Waals surface area contributed by atoms with Crippen molar-refractivity contribution in [2.45, 2.75) is 6.67 Å². The molecule has 1 saturated heterocycles. The highest BCUT2D eigenvalue weighted by atomic mass is 16.5. The maximum absolute atomic E-state index is 12.2. The highest BCUT2D eigenvalue weighted by Gasteiger charge is 2.19. The Morgan fingerprint density at radius 2 is 1.96 bits per heavy atom. The molecule has 8 heteroatoms. The number of morpholine rings is 1. The van der Waals surface area contributed by atoms with Crippen molar-refractivity contribution in [2.75, 3.05) is 39.9 Å². The lowest BCUT2D eigenvalue weighted by Crippen LogP contribution is -2.45. The fraction of sp³-hybridized carbons (Fsp3) is 0.438. The van der Waals surface area contributed by atoms with Crippen molar-refractivity contribution >= 4 is 5.91 Å². The van der Waals surface area contributed by atoms with Gasteiger partial charge in [-0.3, -0.25) is 9.69 Å². The molecule has 1 amide bonds. The number of likely N-dealkylation sites (N-methyl/N-ethyl adjacent to an activating group) is 1. The third kappa shape index (κ3) is 3.90. The predicted molar refractivity (Wildman–Crippen MR) is 86.2 cm³/mol. The second-order valence-corrected chi connectivity index (χ2v) is 5.69. The Morgan fingerprint density at radius 1 is 1.25 bits per heavy atom. The lowest BCUT2D eigenvalue weighted by Gasteiger charge is -2.28. The first kappa shape index (κ1) is 16.4. The van der Waals surface area contributed by atoms with Gasteiger partial charge in [0.25, 0.3) is 0 Å². The van der Waals surface area contributed by atoms with E-state index in [1.165, 1.54) is 4.68 Å². The van der Waals surface area contributed by atoms with Crippen molar-refractivity contribution in [1.82, 2.24) is 19.6 Å². The molecule has 0 unspecified atom stereocenters. The zero-order valence-corrected chi connectivity index (χ0v) is 13.6. The summed E-state index contributed by atoms with van der Waals surface area (Å²) in [5.41, 5.74) is 0.736. The summed E-state index contributed by atoms with van der Waals surface area (Å²) < 4.78 is 11.6.